The zero-order valence-corrected chi connectivity index (χ0v) is 16.1. The molecule has 2 aliphatic heterocycles. The Balaban J connectivity index is 1.45. The normalized spacial score (nSPS) is 20.9. The van der Waals surface area contributed by atoms with Gasteiger partial charge in [-0.05, 0) is 49.7 Å². The summed E-state index contributed by atoms with van der Waals surface area (Å²) >= 11 is 0. The number of ether oxygens (including phenoxy) is 2. The fraction of sp³-hybridized carbons (Fsp3) is 0.500. The van der Waals surface area contributed by atoms with Gasteiger partial charge in [-0.3, -0.25) is 14.8 Å². The van der Waals surface area contributed by atoms with Crippen LogP contribution >= 0.6 is 0 Å². The summed E-state index contributed by atoms with van der Waals surface area (Å²) in [6.07, 6.45) is 5.86. The first-order valence-electron chi connectivity index (χ1n) is 9.98. The van der Waals surface area contributed by atoms with Crippen LogP contribution in [0, 0.1) is 0 Å². The van der Waals surface area contributed by atoms with Crippen molar-refractivity contribution in [1.82, 2.24) is 14.8 Å². The Labute approximate surface area is 161 Å². The average molecular weight is 367 g/mol. The van der Waals surface area contributed by atoms with E-state index in [4.69, 9.17) is 9.47 Å². The van der Waals surface area contributed by atoms with E-state index in [1.807, 2.05) is 30.3 Å². The molecule has 2 aliphatic rings. The summed E-state index contributed by atoms with van der Waals surface area (Å²) < 4.78 is 11.6. The van der Waals surface area contributed by atoms with Crippen molar-refractivity contribution in [2.24, 2.45) is 0 Å². The van der Waals surface area contributed by atoms with Crippen LogP contribution in [-0.2, 0) is 13.2 Å². The van der Waals surface area contributed by atoms with Gasteiger partial charge in [0.15, 0.2) is 0 Å². The second-order valence-corrected chi connectivity index (χ2v) is 7.50. The maximum atomic E-state index is 6.12. The number of nitrogens with zero attached hydrogens (tertiary/aromatic N) is 3. The van der Waals surface area contributed by atoms with Crippen LogP contribution in [0.15, 0.2) is 42.6 Å². The number of aromatic nitrogens is 1. The summed E-state index contributed by atoms with van der Waals surface area (Å²) in [4.78, 5) is 9.59. The molecule has 1 aromatic heterocycles. The molecule has 0 amide bonds. The largest absolute Gasteiger partial charge is 0.497 e. The molecular weight excluding hydrogens is 338 g/mol. The second kappa shape index (κ2) is 8.72. The predicted octanol–water partition coefficient (Wildman–Crippen LogP) is 3.34. The van der Waals surface area contributed by atoms with Crippen molar-refractivity contribution >= 4 is 0 Å². The van der Waals surface area contributed by atoms with E-state index in [9.17, 15) is 0 Å². The van der Waals surface area contributed by atoms with Gasteiger partial charge in [-0.1, -0.05) is 12.5 Å². The van der Waals surface area contributed by atoms with Crippen LogP contribution in [0.1, 0.15) is 30.5 Å². The minimum absolute atomic E-state index is 0.483. The maximum Gasteiger partial charge on any atom is 0.130 e. The van der Waals surface area contributed by atoms with Crippen molar-refractivity contribution in [1.29, 1.82) is 0 Å². The molecule has 3 heterocycles. The van der Waals surface area contributed by atoms with Gasteiger partial charge in [0, 0.05) is 44.0 Å². The third kappa shape index (κ3) is 4.60. The highest BCUT2D eigenvalue weighted by Crippen LogP contribution is 2.28. The van der Waals surface area contributed by atoms with Crippen LogP contribution in [0.4, 0.5) is 0 Å². The third-order valence-corrected chi connectivity index (χ3v) is 5.68. The Hall–Kier alpha value is -2.11. The summed E-state index contributed by atoms with van der Waals surface area (Å²) in [5.74, 6) is 1.80. The summed E-state index contributed by atoms with van der Waals surface area (Å²) in [6, 6.07) is 12.7. The molecule has 0 spiro atoms. The van der Waals surface area contributed by atoms with Gasteiger partial charge < -0.3 is 9.47 Å². The quantitative estimate of drug-likeness (QED) is 0.783. The molecule has 5 nitrogen and oxygen atoms in total. The Bertz CT molecular complexity index is 738. The maximum absolute atomic E-state index is 6.12. The average Bonchev–Trinajstić information content (AvgIpc) is 2.73. The topological polar surface area (TPSA) is 37.8 Å². The first kappa shape index (κ1) is 18.3. The molecular formula is C22H29N3O2. The number of methoxy groups -OCH3 is 1. The van der Waals surface area contributed by atoms with Gasteiger partial charge in [0.2, 0.25) is 0 Å². The van der Waals surface area contributed by atoms with Gasteiger partial charge in [0.1, 0.15) is 18.1 Å². The fourth-order valence-electron chi connectivity index (χ4n) is 4.19. The van der Waals surface area contributed by atoms with Crippen LogP contribution in [0.3, 0.4) is 0 Å². The smallest absolute Gasteiger partial charge is 0.130 e. The van der Waals surface area contributed by atoms with E-state index in [1.165, 1.54) is 37.9 Å². The number of fused-ring (bicyclic) bond motifs is 1. The lowest BCUT2D eigenvalue weighted by molar-refractivity contribution is 0.0452. The van der Waals surface area contributed by atoms with E-state index in [0.717, 1.165) is 42.9 Å². The number of piperidine rings is 1. The van der Waals surface area contributed by atoms with Gasteiger partial charge in [-0.15, -0.1) is 0 Å². The molecule has 2 saturated heterocycles. The van der Waals surface area contributed by atoms with E-state index in [1.54, 1.807) is 13.3 Å². The van der Waals surface area contributed by atoms with Crippen LogP contribution < -0.4 is 9.47 Å². The summed E-state index contributed by atoms with van der Waals surface area (Å²) in [5.41, 5.74) is 2.13. The third-order valence-electron chi connectivity index (χ3n) is 5.68. The molecule has 0 saturated carbocycles. The zero-order chi connectivity index (χ0) is 18.5. The number of benzene rings is 1. The van der Waals surface area contributed by atoms with E-state index >= 15 is 0 Å². The SMILES string of the molecule is COc1ccc(OCc2ccccn2)c(CN2CCN3CCCCC3C2)c1. The Morgan fingerprint density at radius 1 is 1.11 bits per heavy atom. The monoisotopic (exact) mass is 367 g/mol. The number of piperazine rings is 1. The summed E-state index contributed by atoms with van der Waals surface area (Å²) in [5, 5.41) is 0. The predicted molar refractivity (Wildman–Crippen MR) is 106 cm³/mol. The van der Waals surface area contributed by atoms with Gasteiger partial charge in [-0.25, -0.2) is 0 Å². The molecule has 0 radical (unpaired) electrons. The van der Waals surface area contributed by atoms with E-state index < -0.39 is 0 Å². The second-order valence-electron chi connectivity index (χ2n) is 7.50. The molecule has 0 bridgehead atoms. The van der Waals surface area contributed by atoms with Crippen molar-refractivity contribution in [3.05, 3.63) is 53.9 Å². The van der Waals surface area contributed by atoms with E-state index in [2.05, 4.69) is 20.9 Å². The molecule has 5 heteroatoms. The molecule has 0 N–H and O–H groups in total. The Morgan fingerprint density at radius 2 is 2.07 bits per heavy atom. The lowest BCUT2D eigenvalue weighted by Crippen LogP contribution is -2.54. The Kier molecular flexibility index (Phi) is 5.90. The summed E-state index contributed by atoms with van der Waals surface area (Å²) in [7, 11) is 1.72. The van der Waals surface area contributed by atoms with Gasteiger partial charge in [0.05, 0.1) is 12.8 Å². The minimum Gasteiger partial charge on any atom is -0.497 e. The lowest BCUT2D eigenvalue weighted by Gasteiger charge is -2.44. The first-order valence-corrected chi connectivity index (χ1v) is 9.98. The van der Waals surface area contributed by atoms with Crippen molar-refractivity contribution in [3.63, 3.8) is 0 Å². The van der Waals surface area contributed by atoms with E-state index in [-0.39, 0.29) is 0 Å². The summed E-state index contributed by atoms with van der Waals surface area (Å²) in [6.45, 7) is 6.11. The van der Waals surface area contributed by atoms with Crippen molar-refractivity contribution in [2.75, 3.05) is 33.3 Å². The number of pyridine rings is 1. The number of hydrogen-bond acceptors (Lipinski definition) is 5. The number of rotatable bonds is 6. The molecule has 2 aromatic rings. The van der Waals surface area contributed by atoms with Crippen LogP contribution in [0.2, 0.25) is 0 Å². The highest BCUT2D eigenvalue weighted by molar-refractivity contribution is 5.40. The van der Waals surface area contributed by atoms with Gasteiger partial charge in [-0.2, -0.15) is 0 Å². The molecule has 1 unspecified atom stereocenters. The Morgan fingerprint density at radius 3 is 2.93 bits per heavy atom. The number of hydrogen-bond donors (Lipinski definition) is 0. The van der Waals surface area contributed by atoms with Gasteiger partial charge >= 0.3 is 0 Å². The minimum atomic E-state index is 0.483. The van der Waals surface area contributed by atoms with Crippen molar-refractivity contribution in [2.45, 2.75) is 38.5 Å². The fourth-order valence-corrected chi connectivity index (χ4v) is 4.19. The molecule has 1 atom stereocenters. The molecule has 1 aromatic carbocycles. The van der Waals surface area contributed by atoms with Gasteiger partial charge in [0.25, 0.3) is 0 Å². The van der Waals surface area contributed by atoms with E-state index in [0.29, 0.717) is 6.61 Å². The van der Waals surface area contributed by atoms with Crippen molar-refractivity contribution < 1.29 is 9.47 Å². The molecule has 0 aliphatic carbocycles. The van der Waals surface area contributed by atoms with Crippen molar-refractivity contribution in [3.8, 4) is 11.5 Å². The first-order chi connectivity index (χ1) is 13.3. The molecule has 2 fully saturated rings. The molecule has 144 valence electrons. The van der Waals surface area contributed by atoms with Crippen LogP contribution in [0.5, 0.6) is 11.5 Å². The zero-order valence-electron chi connectivity index (χ0n) is 16.1. The molecule has 4 rings (SSSR count). The molecule has 27 heavy (non-hydrogen) atoms. The standard InChI is InChI=1S/C22H29N3O2/c1-26-21-8-9-22(27-17-19-6-2-4-10-23-19)18(14-21)15-24-12-13-25-11-5-3-7-20(25)16-24/h2,4,6,8-10,14,20H,3,5,7,11-13,15-17H2,1H3. The van der Waals surface area contributed by atoms with Crippen LogP contribution in [-0.4, -0.2) is 54.1 Å². The lowest BCUT2D eigenvalue weighted by atomic mass is 9.99. The highest BCUT2D eigenvalue weighted by Gasteiger charge is 2.29. The van der Waals surface area contributed by atoms with Crippen LogP contribution in [0.25, 0.3) is 0 Å². The highest BCUT2D eigenvalue weighted by atomic mass is 16.5.